The Morgan fingerprint density at radius 2 is 1.02 bits per heavy atom. The average Bonchev–Trinajstić information content (AvgIpc) is 3.19. The molecule has 338 valence electrons. The molecule has 0 saturated heterocycles. The molecule has 0 heterocycles. The van der Waals surface area contributed by atoms with Gasteiger partial charge in [0.25, 0.3) is 0 Å². The van der Waals surface area contributed by atoms with E-state index in [4.69, 9.17) is 14.2 Å². The lowest BCUT2D eigenvalue weighted by Crippen LogP contribution is -2.50. The van der Waals surface area contributed by atoms with Crippen LogP contribution in [0.4, 0.5) is 0 Å². The second kappa shape index (κ2) is 41.5. The van der Waals surface area contributed by atoms with Crippen LogP contribution < -0.4 is 0 Å². The minimum atomic E-state index is -0.882. The van der Waals surface area contributed by atoms with Crippen LogP contribution in [-0.4, -0.2) is 80.6 Å². The van der Waals surface area contributed by atoms with Crippen molar-refractivity contribution in [1.82, 2.24) is 0 Å². The van der Waals surface area contributed by atoms with Crippen LogP contribution in [0.5, 0.6) is 0 Å². The SMILES string of the molecule is CC/C=C/C=C/C=C/CCCCCCCC(=O)OC(COCCC(C(=O)O)[N+](C)(C)C)COC(=O)CCCCCCCCCCC/C=C/C/C=C/C/C=C/CCCCC. The molecular formula is C51H88NO7+. The van der Waals surface area contributed by atoms with E-state index in [0.29, 0.717) is 19.3 Å². The number of hydrogen-bond donors (Lipinski definition) is 1. The molecule has 0 aliphatic rings. The lowest BCUT2D eigenvalue weighted by atomic mass is 10.1. The standard InChI is InChI=1S/C51H87NO7/c1-6-8-10-12-14-16-18-20-21-22-23-24-25-26-27-28-30-31-33-35-37-39-41-49(53)58-46-47(45-57-44-43-48(51(55)56)52(3,4)5)59-50(54)42-40-38-36-34-32-29-19-17-15-13-11-9-7-2/h9,11,13-17,19-21,23-24,47-48H,6-8,10,12,18,22,25-46H2,1-5H3/p+1/b11-9+,15-13+,16-14+,19-17+,21-20+,24-23+. The van der Waals surface area contributed by atoms with E-state index in [0.717, 1.165) is 83.5 Å². The van der Waals surface area contributed by atoms with Crippen molar-refractivity contribution in [3.63, 3.8) is 0 Å². The Kier molecular flexibility index (Phi) is 39.2. The van der Waals surface area contributed by atoms with Crippen LogP contribution in [0, 0.1) is 0 Å². The summed E-state index contributed by atoms with van der Waals surface area (Å²) in [6.07, 6.45) is 52.3. The van der Waals surface area contributed by atoms with Crippen LogP contribution in [0.2, 0.25) is 0 Å². The molecule has 0 amide bonds. The van der Waals surface area contributed by atoms with Gasteiger partial charge >= 0.3 is 17.9 Å². The van der Waals surface area contributed by atoms with E-state index in [1.807, 2.05) is 27.2 Å². The zero-order valence-corrected chi connectivity index (χ0v) is 38.4. The number of carbonyl (C=O) groups excluding carboxylic acids is 2. The fourth-order valence-electron chi connectivity index (χ4n) is 6.51. The number of allylic oxidation sites excluding steroid dienone is 12. The van der Waals surface area contributed by atoms with Gasteiger partial charge in [0.15, 0.2) is 12.1 Å². The molecule has 0 aromatic heterocycles. The third-order valence-corrected chi connectivity index (χ3v) is 10.2. The van der Waals surface area contributed by atoms with Gasteiger partial charge in [0.1, 0.15) is 6.61 Å². The summed E-state index contributed by atoms with van der Waals surface area (Å²) in [5.74, 6) is -1.51. The van der Waals surface area contributed by atoms with E-state index in [1.54, 1.807) is 0 Å². The number of carboxylic acid groups (broad SMARTS) is 1. The van der Waals surface area contributed by atoms with E-state index in [2.05, 4.69) is 80.7 Å². The van der Waals surface area contributed by atoms with Crippen molar-refractivity contribution in [2.75, 3.05) is 41.0 Å². The summed E-state index contributed by atoms with van der Waals surface area (Å²) in [7, 11) is 5.51. The second-order valence-electron chi connectivity index (χ2n) is 16.7. The Balaban J connectivity index is 4.28. The van der Waals surface area contributed by atoms with Gasteiger partial charge in [-0.15, -0.1) is 0 Å². The maximum Gasteiger partial charge on any atom is 0.362 e. The summed E-state index contributed by atoms with van der Waals surface area (Å²) in [4.78, 5) is 37.0. The van der Waals surface area contributed by atoms with Crippen LogP contribution >= 0.6 is 0 Å². The van der Waals surface area contributed by atoms with Gasteiger partial charge in [0.05, 0.1) is 34.4 Å². The highest BCUT2D eigenvalue weighted by Gasteiger charge is 2.31. The van der Waals surface area contributed by atoms with E-state index in [1.165, 1.54) is 64.2 Å². The summed E-state index contributed by atoms with van der Waals surface area (Å²) in [6, 6.07) is -0.622. The van der Waals surface area contributed by atoms with Gasteiger partial charge in [-0.3, -0.25) is 9.59 Å². The quantitative estimate of drug-likeness (QED) is 0.0215. The fraction of sp³-hybridized carbons (Fsp3) is 0.706. The Hall–Kier alpha value is -3.23. The molecule has 1 N–H and O–H groups in total. The molecule has 0 aromatic carbocycles. The van der Waals surface area contributed by atoms with Crippen LogP contribution in [0.25, 0.3) is 0 Å². The Morgan fingerprint density at radius 1 is 0.542 bits per heavy atom. The zero-order valence-electron chi connectivity index (χ0n) is 38.4. The fourth-order valence-corrected chi connectivity index (χ4v) is 6.51. The maximum absolute atomic E-state index is 12.7. The first-order valence-corrected chi connectivity index (χ1v) is 23.5. The number of rotatable bonds is 41. The number of carbonyl (C=O) groups is 3. The van der Waals surface area contributed by atoms with Gasteiger partial charge in [0, 0.05) is 19.3 Å². The summed E-state index contributed by atoms with van der Waals surface area (Å²) in [6.45, 7) is 4.54. The van der Waals surface area contributed by atoms with Crippen molar-refractivity contribution < 1.29 is 38.2 Å². The summed E-state index contributed by atoms with van der Waals surface area (Å²) in [5.41, 5.74) is 0. The molecule has 2 atom stereocenters. The molecule has 8 heteroatoms. The molecule has 0 aliphatic carbocycles. The molecule has 8 nitrogen and oxygen atoms in total. The molecule has 0 aliphatic heterocycles. The normalized spacial score (nSPS) is 13.6. The van der Waals surface area contributed by atoms with Crippen molar-refractivity contribution in [1.29, 1.82) is 0 Å². The van der Waals surface area contributed by atoms with Crippen molar-refractivity contribution in [3.8, 4) is 0 Å². The van der Waals surface area contributed by atoms with Crippen molar-refractivity contribution in [2.45, 2.75) is 193 Å². The Morgan fingerprint density at radius 3 is 1.54 bits per heavy atom. The topological polar surface area (TPSA) is 99.1 Å². The highest BCUT2D eigenvalue weighted by molar-refractivity contribution is 5.72. The number of aliphatic carboxylic acids is 1. The second-order valence-corrected chi connectivity index (χ2v) is 16.7. The van der Waals surface area contributed by atoms with Crippen molar-refractivity contribution in [2.24, 2.45) is 0 Å². The number of nitrogens with zero attached hydrogens (tertiary/aromatic N) is 1. The molecule has 59 heavy (non-hydrogen) atoms. The van der Waals surface area contributed by atoms with E-state index < -0.39 is 18.1 Å². The average molecular weight is 827 g/mol. The minimum Gasteiger partial charge on any atom is -0.477 e. The molecule has 0 fully saturated rings. The summed E-state index contributed by atoms with van der Waals surface area (Å²) < 4.78 is 17.3. The maximum atomic E-state index is 12.7. The van der Waals surface area contributed by atoms with E-state index in [9.17, 15) is 19.5 Å². The van der Waals surface area contributed by atoms with Gasteiger partial charge in [0.2, 0.25) is 0 Å². The van der Waals surface area contributed by atoms with Gasteiger partial charge in [-0.2, -0.15) is 0 Å². The smallest absolute Gasteiger partial charge is 0.362 e. The predicted molar refractivity (Wildman–Crippen MR) is 247 cm³/mol. The lowest BCUT2D eigenvalue weighted by Gasteiger charge is -2.31. The Labute approximate surface area is 361 Å². The predicted octanol–water partition coefficient (Wildman–Crippen LogP) is 13.1. The van der Waals surface area contributed by atoms with Crippen LogP contribution in [-0.2, 0) is 28.6 Å². The van der Waals surface area contributed by atoms with Crippen LogP contribution in [0.1, 0.15) is 181 Å². The molecule has 0 rings (SSSR count). The molecule has 0 spiro atoms. The zero-order chi connectivity index (χ0) is 43.5. The van der Waals surface area contributed by atoms with E-state index in [-0.39, 0.29) is 36.2 Å². The van der Waals surface area contributed by atoms with Gasteiger partial charge in [-0.1, -0.05) is 164 Å². The first kappa shape index (κ1) is 55.8. The molecule has 0 radical (unpaired) electrons. The highest BCUT2D eigenvalue weighted by atomic mass is 16.6. The molecule has 2 unspecified atom stereocenters. The number of carboxylic acids is 1. The lowest BCUT2D eigenvalue weighted by molar-refractivity contribution is -0.887. The minimum absolute atomic E-state index is 0.0476. The monoisotopic (exact) mass is 827 g/mol. The third kappa shape index (κ3) is 40.0. The Bertz CT molecular complexity index is 1190. The highest BCUT2D eigenvalue weighted by Crippen LogP contribution is 2.14. The summed E-state index contributed by atoms with van der Waals surface area (Å²) in [5, 5.41) is 9.63. The molecular weight excluding hydrogens is 739 g/mol. The first-order chi connectivity index (χ1) is 28.6. The first-order valence-electron chi connectivity index (χ1n) is 23.5. The number of likely N-dealkylation sites (N-methyl/N-ethyl adjacent to an activating group) is 1. The number of quaternary nitrogens is 1. The molecule has 0 bridgehead atoms. The summed E-state index contributed by atoms with van der Waals surface area (Å²) >= 11 is 0. The molecule has 0 aromatic rings. The van der Waals surface area contributed by atoms with Gasteiger partial charge in [-0.05, 0) is 70.6 Å². The molecule has 0 saturated carbocycles. The van der Waals surface area contributed by atoms with Crippen LogP contribution in [0.3, 0.4) is 0 Å². The number of unbranched alkanes of at least 4 members (excludes halogenated alkanes) is 17. The van der Waals surface area contributed by atoms with Crippen molar-refractivity contribution in [3.05, 3.63) is 72.9 Å². The number of ether oxygens (including phenoxy) is 3. The van der Waals surface area contributed by atoms with Gasteiger partial charge in [-0.25, -0.2) is 4.79 Å². The third-order valence-electron chi connectivity index (χ3n) is 10.2. The van der Waals surface area contributed by atoms with Gasteiger partial charge < -0.3 is 23.8 Å². The largest absolute Gasteiger partial charge is 0.477 e. The van der Waals surface area contributed by atoms with Crippen molar-refractivity contribution >= 4 is 17.9 Å². The number of esters is 2. The van der Waals surface area contributed by atoms with E-state index >= 15 is 0 Å². The van der Waals surface area contributed by atoms with Crippen LogP contribution in [0.15, 0.2) is 72.9 Å². The number of hydrogen-bond acceptors (Lipinski definition) is 6.